The van der Waals surface area contributed by atoms with Crippen LogP contribution in [0.1, 0.15) is 17.9 Å². The minimum absolute atomic E-state index is 0.190. The Morgan fingerprint density at radius 2 is 2.12 bits per heavy atom. The van der Waals surface area contributed by atoms with Crippen LogP contribution in [0.2, 0.25) is 0 Å². The fraction of sp³-hybridized carbons (Fsp3) is 0.385. The summed E-state index contributed by atoms with van der Waals surface area (Å²) in [7, 11) is 0. The monoisotopic (exact) mass is 239 g/mol. The Morgan fingerprint density at radius 3 is 2.71 bits per heavy atom. The van der Waals surface area contributed by atoms with Crippen molar-refractivity contribution in [2.75, 3.05) is 13.2 Å². The number of halogens is 2. The number of hydrogen-bond donors (Lipinski definition) is 1. The molecule has 2 rings (SSSR count). The molecule has 0 aromatic heterocycles. The second kappa shape index (κ2) is 4.84. The summed E-state index contributed by atoms with van der Waals surface area (Å²) in [5, 5.41) is 0. The van der Waals surface area contributed by atoms with Gasteiger partial charge >= 0.3 is 0 Å². The lowest BCUT2D eigenvalue weighted by atomic mass is 10.1. The molecular formula is C13H15F2NO. The Labute approximate surface area is 99.1 Å². The van der Waals surface area contributed by atoms with E-state index in [1.54, 1.807) is 6.08 Å². The molecule has 0 unspecified atom stereocenters. The van der Waals surface area contributed by atoms with Gasteiger partial charge in [0, 0.05) is 11.6 Å². The fourth-order valence-corrected chi connectivity index (χ4v) is 2.00. The van der Waals surface area contributed by atoms with E-state index < -0.39 is 11.6 Å². The van der Waals surface area contributed by atoms with Gasteiger partial charge < -0.3 is 10.5 Å². The fourth-order valence-electron chi connectivity index (χ4n) is 2.00. The minimum Gasteiger partial charge on any atom is -0.489 e. The molecule has 1 aliphatic rings. The minimum atomic E-state index is -0.891. The normalized spacial score (nSPS) is 22.3. The maximum Gasteiger partial charge on any atom is 0.162 e. The van der Waals surface area contributed by atoms with Crippen LogP contribution in [-0.4, -0.2) is 13.2 Å². The molecule has 4 heteroatoms. The van der Waals surface area contributed by atoms with Crippen LogP contribution in [0, 0.1) is 17.6 Å². The molecule has 1 saturated carbocycles. The molecule has 0 aliphatic heterocycles. The number of hydrogen-bond acceptors (Lipinski definition) is 2. The Kier molecular flexibility index (Phi) is 3.43. The van der Waals surface area contributed by atoms with E-state index in [-0.39, 0.29) is 12.5 Å². The highest BCUT2D eigenvalue weighted by Gasteiger charge is 2.39. The number of rotatable bonds is 5. The Hall–Kier alpha value is -1.42. The predicted octanol–water partition coefficient (Wildman–Crippen LogP) is 2.59. The van der Waals surface area contributed by atoms with Crippen LogP contribution in [0.15, 0.2) is 24.8 Å². The number of benzene rings is 1. The van der Waals surface area contributed by atoms with Crippen molar-refractivity contribution in [2.45, 2.75) is 12.3 Å². The van der Waals surface area contributed by atoms with Crippen molar-refractivity contribution >= 4 is 0 Å². The Morgan fingerprint density at radius 1 is 1.41 bits per heavy atom. The van der Waals surface area contributed by atoms with Crippen molar-refractivity contribution in [2.24, 2.45) is 11.7 Å². The highest BCUT2D eigenvalue weighted by molar-refractivity contribution is 5.41. The Balaban J connectivity index is 2.28. The summed E-state index contributed by atoms with van der Waals surface area (Å²) in [6.45, 7) is 4.36. The van der Waals surface area contributed by atoms with E-state index in [9.17, 15) is 8.78 Å². The first-order chi connectivity index (χ1) is 8.17. The summed E-state index contributed by atoms with van der Waals surface area (Å²) in [5.41, 5.74) is 6.26. The first kappa shape index (κ1) is 12.0. The van der Waals surface area contributed by atoms with Crippen molar-refractivity contribution < 1.29 is 13.5 Å². The molecule has 1 fully saturated rings. The zero-order valence-electron chi connectivity index (χ0n) is 9.46. The van der Waals surface area contributed by atoms with E-state index in [1.165, 1.54) is 6.07 Å². The maximum atomic E-state index is 13.2. The topological polar surface area (TPSA) is 35.2 Å². The first-order valence-electron chi connectivity index (χ1n) is 5.60. The highest BCUT2D eigenvalue weighted by Crippen LogP contribution is 2.50. The molecule has 2 atom stereocenters. The molecule has 0 amide bonds. The van der Waals surface area contributed by atoms with Crippen molar-refractivity contribution in [1.82, 2.24) is 0 Å². The summed E-state index contributed by atoms with van der Waals surface area (Å²) >= 11 is 0. The van der Waals surface area contributed by atoms with Crippen LogP contribution < -0.4 is 10.5 Å². The van der Waals surface area contributed by atoms with E-state index in [1.807, 2.05) is 0 Å². The molecule has 1 aromatic rings. The van der Waals surface area contributed by atoms with Gasteiger partial charge in [0.2, 0.25) is 0 Å². The molecule has 2 nitrogen and oxygen atoms in total. The largest absolute Gasteiger partial charge is 0.489 e. The molecule has 2 N–H and O–H groups in total. The van der Waals surface area contributed by atoms with Crippen molar-refractivity contribution in [1.29, 1.82) is 0 Å². The van der Waals surface area contributed by atoms with Gasteiger partial charge in [-0.2, -0.15) is 0 Å². The van der Waals surface area contributed by atoms with E-state index in [2.05, 4.69) is 6.58 Å². The lowest BCUT2D eigenvalue weighted by Gasteiger charge is -2.10. The highest BCUT2D eigenvalue weighted by atomic mass is 19.2. The van der Waals surface area contributed by atoms with E-state index in [0.29, 0.717) is 23.8 Å². The third-order valence-electron chi connectivity index (χ3n) is 3.03. The molecule has 92 valence electrons. The van der Waals surface area contributed by atoms with Crippen LogP contribution in [0.4, 0.5) is 8.78 Å². The zero-order chi connectivity index (χ0) is 12.4. The predicted molar refractivity (Wildman–Crippen MR) is 62.0 cm³/mol. The molecule has 0 heterocycles. The summed E-state index contributed by atoms with van der Waals surface area (Å²) in [5.74, 6) is -0.794. The smallest absolute Gasteiger partial charge is 0.162 e. The van der Waals surface area contributed by atoms with Gasteiger partial charge in [0.25, 0.3) is 0 Å². The molecular weight excluding hydrogens is 224 g/mol. The molecule has 1 aliphatic carbocycles. The number of ether oxygens (including phenoxy) is 1. The van der Waals surface area contributed by atoms with Crippen molar-refractivity contribution in [3.8, 4) is 5.75 Å². The van der Waals surface area contributed by atoms with Gasteiger partial charge in [-0.3, -0.25) is 0 Å². The van der Waals surface area contributed by atoms with Crippen LogP contribution in [0.5, 0.6) is 5.75 Å². The maximum absolute atomic E-state index is 13.2. The summed E-state index contributed by atoms with van der Waals surface area (Å²) in [4.78, 5) is 0. The van der Waals surface area contributed by atoms with Crippen molar-refractivity contribution in [3.05, 3.63) is 42.0 Å². The number of nitrogens with two attached hydrogens (primary N) is 1. The quantitative estimate of drug-likeness (QED) is 0.801. The standard InChI is InChI=1S/C13H15F2NO/c1-2-3-17-13-6-12(15)11(14)5-10(13)9-4-8(9)7-16/h2,5-6,8-9H,1,3-4,7,16H2/t8-,9+/m1/s1. The van der Waals surface area contributed by atoms with E-state index >= 15 is 0 Å². The Bertz CT molecular complexity index is 434. The second-order valence-electron chi connectivity index (χ2n) is 4.24. The van der Waals surface area contributed by atoms with Crippen molar-refractivity contribution in [3.63, 3.8) is 0 Å². The third-order valence-corrected chi connectivity index (χ3v) is 3.03. The molecule has 0 radical (unpaired) electrons. The second-order valence-corrected chi connectivity index (χ2v) is 4.24. The first-order valence-corrected chi connectivity index (χ1v) is 5.60. The third kappa shape index (κ3) is 2.47. The van der Waals surface area contributed by atoms with Crippen LogP contribution in [0.25, 0.3) is 0 Å². The van der Waals surface area contributed by atoms with E-state index in [0.717, 1.165) is 12.5 Å². The summed E-state index contributed by atoms with van der Waals surface area (Å²) in [6.07, 6.45) is 2.48. The van der Waals surface area contributed by atoms with Gasteiger partial charge in [0.15, 0.2) is 11.6 Å². The van der Waals surface area contributed by atoms with Gasteiger partial charge in [0.1, 0.15) is 12.4 Å². The lowest BCUT2D eigenvalue weighted by molar-refractivity contribution is 0.353. The van der Waals surface area contributed by atoms with Crippen LogP contribution >= 0.6 is 0 Å². The van der Waals surface area contributed by atoms with Crippen LogP contribution in [0.3, 0.4) is 0 Å². The molecule has 0 spiro atoms. The summed E-state index contributed by atoms with van der Waals surface area (Å²) < 4.78 is 31.7. The van der Waals surface area contributed by atoms with E-state index in [4.69, 9.17) is 10.5 Å². The summed E-state index contributed by atoms with van der Waals surface area (Å²) in [6, 6.07) is 2.31. The molecule has 17 heavy (non-hydrogen) atoms. The van der Waals surface area contributed by atoms with Gasteiger partial charge in [-0.15, -0.1) is 0 Å². The van der Waals surface area contributed by atoms with Gasteiger partial charge in [-0.1, -0.05) is 12.7 Å². The lowest BCUT2D eigenvalue weighted by Crippen LogP contribution is -2.04. The molecule has 0 saturated heterocycles. The van der Waals surface area contributed by atoms with Gasteiger partial charge in [0.05, 0.1) is 0 Å². The average molecular weight is 239 g/mol. The van der Waals surface area contributed by atoms with Gasteiger partial charge in [-0.05, 0) is 30.9 Å². The zero-order valence-corrected chi connectivity index (χ0v) is 9.46. The van der Waals surface area contributed by atoms with Crippen LogP contribution in [-0.2, 0) is 0 Å². The average Bonchev–Trinajstić information content (AvgIpc) is 3.09. The van der Waals surface area contributed by atoms with Gasteiger partial charge in [-0.25, -0.2) is 8.78 Å². The molecule has 0 bridgehead atoms. The SMILES string of the molecule is C=CCOc1cc(F)c(F)cc1[C@H]1C[C@@H]1CN. The molecule has 1 aromatic carbocycles.